The zero-order valence-electron chi connectivity index (χ0n) is 12.4. The highest BCUT2D eigenvalue weighted by atomic mass is 16.6. The maximum absolute atomic E-state index is 4.82. The molecule has 112 valence electrons. The predicted molar refractivity (Wildman–Crippen MR) is 82.3 cm³/mol. The smallest absolute Gasteiger partial charge is 0.177 e. The minimum atomic E-state index is 0.322. The number of aromatic nitrogens is 6. The minimum absolute atomic E-state index is 0.322. The van der Waals surface area contributed by atoms with Gasteiger partial charge in [0.2, 0.25) is 0 Å². The first kappa shape index (κ1) is 13.0. The Morgan fingerprint density at radius 2 is 2.23 bits per heavy atom. The molecule has 3 heterocycles. The molecular weight excluding hydrogens is 280 g/mol. The summed E-state index contributed by atoms with van der Waals surface area (Å²) < 4.78 is 6.79. The van der Waals surface area contributed by atoms with Crippen LogP contribution in [0, 0.1) is 0 Å². The Hall–Kier alpha value is -2.70. The molecule has 0 aliphatic carbocycles. The van der Waals surface area contributed by atoms with Gasteiger partial charge in [-0.2, -0.15) is 5.10 Å². The number of benzene rings is 1. The third kappa shape index (κ3) is 1.89. The van der Waals surface area contributed by atoms with Gasteiger partial charge in [0.25, 0.3) is 0 Å². The van der Waals surface area contributed by atoms with Gasteiger partial charge in [-0.05, 0) is 35.8 Å². The Labute approximate surface area is 126 Å². The van der Waals surface area contributed by atoms with Crippen LogP contribution in [0.4, 0.5) is 0 Å². The number of H-pyrrole nitrogens is 1. The second-order valence-electron chi connectivity index (χ2n) is 5.49. The summed E-state index contributed by atoms with van der Waals surface area (Å²) in [7, 11) is 0. The lowest BCUT2D eigenvalue weighted by Crippen LogP contribution is -2.06. The molecule has 1 atom stereocenters. The fraction of sp³-hybridized carbons (Fsp3) is 0.333. The van der Waals surface area contributed by atoms with E-state index in [1.165, 1.54) is 0 Å². The van der Waals surface area contributed by atoms with Gasteiger partial charge in [-0.3, -0.25) is 0 Å². The molecule has 22 heavy (non-hydrogen) atoms. The Morgan fingerprint density at radius 1 is 1.32 bits per heavy atom. The molecular formula is C15H16N6O. The van der Waals surface area contributed by atoms with Crippen molar-refractivity contribution in [2.45, 2.75) is 32.7 Å². The highest BCUT2D eigenvalue weighted by molar-refractivity contribution is 5.90. The Morgan fingerprint density at radius 3 is 3.09 bits per heavy atom. The average molecular weight is 296 g/mol. The molecule has 3 aromatic heterocycles. The number of hydrogen-bond acceptors (Lipinski definition) is 5. The summed E-state index contributed by atoms with van der Waals surface area (Å²) in [5.41, 5.74) is 4.10. The molecule has 4 rings (SSSR count). The van der Waals surface area contributed by atoms with Crippen molar-refractivity contribution in [2.75, 3.05) is 0 Å². The van der Waals surface area contributed by atoms with Crippen molar-refractivity contribution in [1.29, 1.82) is 0 Å². The van der Waals surface area contributed by atoms with E-state index in [4.69, 9.17) is 9.61 Å². The third-order valence-corrected chi connectivity index (χ3v) is 3.91. The van der Waals surface area contributed by atoms with Crippen molar-refractivity contribution < 1.29 is 4.63 Å². The summed E-state index contributed by atoms with van der Waals surface area (Å²) in [5, 5.41) is 12.3. The van der Waals surface area contributed by atoms with E-state index < -0.39 is 0 Å². The standard InChI is InChI=1S/C15H16N6O/c1-3-5-9(2)21-15-12(8-16-21)17-14(18-15)10-6-4-7-11-13(10)20-22-19-11/h4,6-9H,3,5H2,1-2H3,(H,17,18). The van der Waals surface area contributed by atoms with Crippen LogP contribution in [0.1, 0.15) is 32.7 Å². The molecule has 7 nitrogen and oxygen atoms in total. The number of fused-ring (bicyclic) bond motifs is 2. The average Bonchev–Trinajstić information content (AvgIpc) is 3.21. The molecule has 1 aromatic carbocycles. The van der Waals surface area contributed by atoms with Crippen LogP contribution in [-0.2, 0) is 0 Å². The molecule has 0 aliphatic heterocycles. The van der Waals surface area contributed by atoms with E-state index >= 15 is 0 Å². The number of rotatable bonds is 4. The topological polar surface area (TPSA) is 85.4 Å². The van der Waals surface area contributed by atoms with Gasteiger partial charge in [-0.15, -0.1) is 0 Å². The second-order valence-corrected chi connectivity index (χ2v) is 5.49. The van der Waals surface area contributed by atoms with E-state index in [9.17, 15) is 0 Å². The van der Waals surface area contributed by atoms with Gasteiger partial charge in [-0.25, -0.2) is 14.3 Å². The van der Waals surface area contributed by atoms with Crippen LogP contribution in [0.15, 0.2) is 29.0 Å². The number of aromatic amines is 1. The van der Waals surface area contributed by atoms with Crippen LogP contribution < -0.4 is 0 Å². The van der Waals surface area contributed by atoms with Gasteiger partial charge in [0.15, 0.2) is 5.65 Å². The maximum Gasteiger partial charge on any atom is 0.177 e. The highest BCUT2D eigenvalue weighted by Gasteiger charge is 2.16. The maximum atomic E-state index is 4.82. The quantitative estimate of drug-likeness (QED) is 0.624. The lowest BCUT2D eigenvalue weighted by molar-refractivity contribution is 0.315. The number of hydrogen-bond donors (Lipinski definition) is 1. The van der Waals surface area contributed by atoms with Crippen molar-refractivity contribution in [2.24, 2.45) is 0 Å². The van der Waals surface area contributed by atoms with Crippen molar-refractivity contribution in [3.63, 3.8) is 0 Å². The van der Waals surface area contributed by atoms with Gasteiger partial charge in [0, 0.05) is 5.56 Å². The molecule has 0 amide bonds. The third-order valence-electron chi connectivity index (χ3n) is 3.91. The monoisotopic (exact) mass is 296 g/mol. The fourth-order valence-corrected chi connectivity index (χ4v) is 2.80. The summed E-state index contributed by atoms with van der Waals surface area (Å²) >= 11 is 0. The molecule has 0 bridgehead atoms. The zero-order chi connectivity index (χ0) is 15.1. The molecule has 7 heteroatoms. The molecule has 1 unspecified atom stereocenters. The highest BCUT2D eigenvalue weighted by Crippen LogP contribution is 2.27. The van der Waals surface area contributed by atoms with E-state index in [1.807, 2.05) is 29.1 Å². The first-order chi connectivity index (χ1) is 10.8. The normalized spacial score (nSPS) is 13.2. The van der Waals surface area contributed by atoms with E-state index in [0.717, 1.165) is 40.9 Å². The number of nitrogens with one attached hydrogen (secondary N) is 1. The van der Waals surface area contributed by atoms with Crippen molar-refractivity contribution in [3.05, 3.63) is 24.4 Å². The number of imidazole rings is 1. The molecule has 0 aliphatic rings. The summed E-state index contributed by atoms with van der Waals surface area (Å²) in [4.78, 5) is 8.02. The van der Waals surface area contributed by atoms with Gasteiger partial charge < -0.3 is 4.98 Å². The van der Waals surface area contributed by atoms with Gasteiger partial charge in [-0.1, -0.05) is 19.4 Å². The van der Waals surface area contributed by atoms with Crippen molar-refractivity contribution in [3.8, 4) is 11.4 Å². The first-order valence-electron chi connectivity index (χ1n) is 7.42. The summed E-state index contributed by atoms with van der Waals surface area (Å²) in [6, 6.07) is 6.06. The Balaban J connectivity index is 1.85. The second kappa shape index (κ2) is 4.94. The van der Waals surface area contributed by atoms with Gasteiger partial charge in [0.05, 0.1) is 12.2 Å². The Bertz CT molecular complexity index is 934. The van der Waals surface area contributed by atoms with E-state index in [2.05, 4.69) is 34.2 Å². The lowest BCUT2D eigenvalue weighted by atomic mass is 10.2. The SMILES string of the molecule is CCCC(C)n1ncc2[nH]c(-c3cccc4nonc34)nc21. The fourth-order valence-electron chi connectivity index (χ4n) is 2.80. The van der Waals surface area contributed by atoms with Crippen LogP contribution >= 0.6 is 0 Å². The molecule has 0 radical (unpaired) electrons. The van der Waals surface area contributed by atoms with Crippen LogP contribution in [0.5, 0.6) is 0 Å². The minimum Gasteiger partial charge on any atom is -0.335 e. The summed E-state index contributed by atoms with van der Waals surface area (Å²) in [6.45, 7) is 4.33. The molecule has 0 fully saturated rings. The van der Waals surface area contributed by atoms with Gasteiger partial charge >= 0.3 is 0 Å². The van der Waals surface area contributed by atoms with Crippen LogP contribution in [-0.4, -0.2) is 30.1 Å². The van der Waals surface area contributed by atoms with E-state index in [1.54, 1.807) is 0 Å². The molecule has 4 aromatic rings. The molecule has 0 saturated carbocycles. The Kier molecular flexibility index (Phi) is 2.92. The largest absolute Gasteiger partial charge is 0.335 e. The van der Waals surface area contributed by atoms with E-state index in [-0.39, 0.29) is 0 Å². The summed E-state index contributed by atoms with van der Waals surface area (Å²) in [5.74, 6) is 0.756. The molecule has 0 spiro atoms. The summed E-state index contributed by atoms with van der Waals surface area (Å²) in [6.07, 6.45) is 4.00. The lowest BCUT2D eigenvalue weighted by Gasteiger charge is -2.10. The van der Waals surface area contributed by atoms with Gasteiger partial charge in [0.1, 0.15) is 22.4 Å². The molecule has 0 saturated heterocycles. The number of nitrogens with zero attached hydrogens (tertiary/aromatic N) is 5. The van der Waals surface area contributed by atoms with E-state index in [0.29, 0.717) is 11.6 Å². The first-order valence-corrected chi connectivity index (χ1v) is 7.42. The van der Waals surface area contributed by atoms with Crippen molar-refractivity contribution in [1.82, 2.24) is 30.1 Å². The predicted octanol–water partition coefficient (Wildman–Crippen LogP) is 3.32. The molecule has 1 N–H and O–H groups in total. The van der Waals surface area contributed by atoms with Crippen LogP contribution in [0.2, 0.25) is 0 Å². The zero-order valence-corrected chi connectivity index (χ0v) is 12.4. The van der Waals surface area contributed by atoms with Crippen LogP contribution in [0.25, 0.3) is 33.6 Å². The van der Waals surface area contributed by atoms with Crippen molar-refractivity contribution >= 4 is 22.2 Å². The van der Waals surface area contributed by atoms with Crippen LogP contribution in [0.3, 0.4) is 0 Å².